The van der Waals surface area contributed by atoms with E-state index in [-0.39, 0.29) is 11.8 Å². The molecule has 4 fully saturated rings. The van der Waals surface area contributed by atoms with Crippen LogP contribution in [0.5, 0.6) is 0 Å². The quantitative estimate of drug-likeness (QED) is 0.769. The summed E-state index contributed by atoms with van der Waals surface area (Å²) in [7, 11) is 0. The number of amides is 1. The van der Waals surface area contributed by atoms with Gasteiger partial charge in [0, 0.05) is 6.54 Å². The second kappa shape index (κ2) is 7.11. The maximum Gasteiger partial charge on any atom is 0.316 e. The third-order valence-corrected chi connectivity index (χ3v) is 7.90. The smallest absolute Gasteiger partial charge is 0.316 e. The number of carbonyl (C=O) groups excluding carboxylic acids is 1. The molecule has 0 radical (unpaired) electrons. The van der Waals surface area contributed by atoms with Gasteiger partial charge in [0.2, 0.25) is 0 Å². The summed E-state index contributed by atoms with van der Waals surface area (Å²) in [5, 5.41) is 11.9. The zero-order valence-electron chi connectivity index (χ0n) is 17.1. The van der Waals surface area contributed by atoms with E-state index >= 15 is 0 Å². The molecule has 0 unspecified atom stereocenters. The summed E-state index contributed by atoms with van der Waals surface area (Å²) in [6.07, 6.45) is 9.44. The molecule has 8 heteroatoms. The number of hydrogen-bond donors (Lipinski definition) is 1. The molecule has 2 aromatic heterocycles. The van der Waals surface area contributed by atoms with Gasteiger partial charge in [-0.1, -0.05) is 16.8 Å². The van der Waals surface area contributed by atoms with Crippen molar-refractivity contribution in [2.75, 3.05) is 6.54 Å². The number of aryl methyl sites for hydroxylation is 1. The normalized spacial score (nSPS) is 30.1. The number of halogens is 1. The first-order chi connectivity index (χ1) is 13.9. The molecular weight excluding hydrogens is 390 g/mol. The first kappa shape index (κ1) is 19.1. The number of hydrogen-bond acceptors (Lipinski definition) is 5. The first-order valence-electron chi connectivity index (χ1n) is 10.7. The Morgan fingerprint density at radius 1 is 1.21 bits per heavy atom. The standard InChI is InChI=1S/C21H28ClN5O2/c1-12-18(22)13(2)27(25-12)11-17-24-20(29-26-17)19(28)23-4-3-21-8-14-5-15(9-21)7-16(6-14)10-21/h14-16H,3-11H2,1-2H3,(H,23,28). The minimum absolute atomic E-state index is 0.0122. The molecule has 0 saturated heterocycles. The van der Waals surface area contributed by atoms with E-state index in [0.29, 0.717) is 29.4 Å². The maximum atomic E-state index is 12.5. The van der Waals surface area contributed by atoms with Crippen molar-refractivity contribution < 1.29 is 9.32 Å². The Balaban J connectivity index is 1.16. The van der Waals surface area contributed by atoms with Crippen LogP contribution >= 0.6 is 11.6 Å². The summed E-state index contributed by atoms with van der Waals surface area (Å²) >= 11 is 6.18. The van der Waals surface area contributed by atoms with Crippen LogP contribution in [0.2, 0.25) is 5.02 Å². The van der Waals surface area contributed by atoms with Crippen molar-refractivity contribution in [3.63, 3.8) is 0 Å². The van der Waals surface area contributed by atoms with Gasteiger partial charge in [-0.25, -0.2) is 0 Å². The highest BCUT2D eigenvalue weighted by atomic mass is 35.5. The van der Waals surface area contributed by atoms with Gasteiger partial charge in [-0.05, 0) is 82.0 Å². The number of carbonyl (C=O) groups is 1. The Morgan fingerprint density at radius 2 is 1.86 bits per heavy atom. The Labute approximate surface area is 175 Å². The highest BCUT2D eigenvalue weighted by Crippen LogP contribution is 2.61. The average Bonchev–Trinajstić information content (AvgIpc) is 3.22. The number of aromatic nitrogens is 4. The van der Waals surface area contributed by atoms with E-state index in [1.807, 2.05) is 13.8 Å². The van der Waals surface area contributed by atoms with Gasteiger partial charge < -0.3 is 9.84 Å². The van der Waals surface area contributed by atoms with Crippen molar-refractivity contribution in [3.8, 4) is 0 Å². The van der Waals surface area contributed by atoms with Gasteiger partial charge >= 0.3 is 11.8 Å². The van der Waals surface area contributed by atoms with E-state index in [1.165, 1.54) is 38.5 Å². The van der Waals surface area contributed by atoms with Crippen molar-refractivity contribution >= 4 is 17.5 Å². The van der Waals surface area contributed by atoms with E-state index in [1.54, 1.807) is 4.68 Å². The van der Waals surface area contributed by atoms with Gasteiger partial charge in [-0.3, -0.25) is 9.48 Å². The molecular formula is C21H28ClN5O2. The number of nitrogens with one attached hydrogen (secondary N) is 1. The van der Waals surface area contributed by atoms with Crippen molar-refractivity contribution in [1.29, 1.82) is 0 Å². The zero-order valence-corrected chi connectivity index (χ0v) is 17.8. The molecule has 156 valence electrons. The lowest BCUT2D eigenvalue weighted by molar-refractivity contribution is -0.0564. The number of nitrogens with zero attached hydrogens (tertiary/aromatic N) is 4. The molecule has 0 spiro atoms. The van der Waals surface area contributed by atoms with Gasteiger partial charge in [-0.15, -0.1) is 0 Å². The van der Waals surface area contributed by atoms with Crippen LogP contribution in [0.1, 0.15) is 72.8 Å². The molecule has 4 saturated carbocycles. The van der Waals surface area contributed by atoms with Crippen LogP contribution in [0.25, 0.3) is 0 Å². The number of rotatable bonds is 6. The molecule has 0 atom stereocenters. The van der Waals surface area contributed by atoms with Gasteiger partial charge in [0.25, 0.3) is 0 Å². The van der Waals surface area contributed by atoms with E-state index < -0.39 is 0 Å². The molecule has 2 heterocycles. The molecule has 4 bridgehead atoms. The first-order valence-corrected chi connectivity index (χ1v) is 11.1. The van der Waals surface area contributed by atoms with Crippen molar-refractivity contribution in [1.82, 2.24) is 25.2 Å². The Kier molecular flexibility index (Phi) is 4.68. The Hall–Kier alpha value is -1.89. The van der Waals surface area contributed by atoms with Crippen molar-refractivity contribution in [3.05, 3.63) is 28.1 Å². The SMILES string of the molecule is Cc1nn(Cc2noc(C(=O)NCCC34CC5CC(CC(C5)C3)C4)n2)c(C)c1Cl. The fourth-order valence-electron chi connectivity index (χ4n) is 6.49. The molecule has 29 heavy (non-hydrogen) atoms. The Morgan fingerprint density at radius 3 is 2.45 bits per heavy atom. The minimum Gasteiger partial charge on any atom is -0.348 e. The van der Waals surface area contributed by atoms with Crippen molar-refractivity contribution in [2.45, 2.75) is 65.3 Å². The summed E-state index contributed by atoms with van der Waals surface area (Å²) in [6.45, 7) is 4.74. The van der Waals surface area contributed by atoms with Crippen LogP contribution in [0.3, 0.4) is 0 Å². The van der Waals surface area contributed by atoms with Gasteiger partial charge in [-0.2, -0.15) is 10.1 Å². The highest BCUT2D eigenvalue weighted by molar-refractivity contribution is 6.31. The Bertz CT molecular complexity index is 898. The average molecular weight is 418 g/mol. The highest BCUT2D eigenvalue weighted by Gasteiger charge is 2.50. The monoisotopic (exact) mass is 417 g/mol. The van der Waals surface area contributed by atoms with Crippen LogP contribution < -0.4 is 5.32 Å². The minimum atomic E-state index is -0.292. The molecule has 0 aliphatic heterocycles. The fourth-order valence-corrected chi connectivity index (χ4v) is 6.62. The van der Waals surface area contributed by atoms with Crippen LogP contribution in [-0.2, 0) is 6.54 Å². The topological polar surface area (TPSA) is 85.8 Å². The lowest BCUT2D eigenvalue weighted by Crippen LogP contribution is -2.47. The van der Waals surface area contributed by atoms with Crippen LogP contribution in [0.4, 0.5) is 0 Å². The largest absolute Gasteiger partial charge is 0.348 e. The van der Waals surface area contributed by atoms with E-state index in [9.17, 15) is 4.79 Å². The van der Waals surface area contributed by atoms with Gasteiger partial charge in [0.15, 0.2) is 5.82 Å². The molecule has 7 nitrogen and oxygen atoms in total. The third kappa shape index (κ3) is 3.58. The molecule has 6 rings (SSSR count). The maximum absolute atomic E-state index is 12.5. The lowest BCUT2D eigenvalue weighted by atomic mass is 9.49. The molecule has 4 aliphatic carbocycles. The molecule has 1 amide bonds. The molecule has 2 aromatic rings. The predicted octanol–water partition coefficient (Wildman–Crippen LogP) is 3.92. The van der Waals surface area contributed by atoms with Crippen LogP contribution in [-0.4, -0.2) is 32.4 Å². The second-order valence-corrected chi connectivity index (χ2v) is 9.96. The third-order valence-electron chi connectivity index (χ3n) is 7.35. The van der Waals surface area contributed by atoms with Gasteiger partial charge in [0.05, 0.1) is 16.4 Å². The predicted molar refractivity (Wildman–Crippen MR) is 108 cm³/mol. The fraction of sp³-hybridized carbons (Fsp3) is 0.714. The van der Waals surface area contributed by atoms with Crippen molar-refractivity contribution in [2.24, 2.45) is 23.2 Å². The lowest BCUT2D eigenvalue weighted by Gasteiger charge is -2.57. The van der Waals surface area contributed by atoms with Gasteiger partial charge in [0.1, 0.15) is 6.54 Å². The molecule has 4 aliphatic rings. The van der Waals surface area contributed by atoms with E-state index in [4.69, 9.17) is 16.1 Å². The summed E-state index contributed by atoms with van der Waals surface area (Å²) in [6, 6.07) is 0. The molecule has 1 N–H and O–H groups in total. The van der Waals surface area contributed by atoms with E-state index in [2.05, 4.69) is 20.6 Å². The summed E-state index contributed by atoms with van der Waals surface area (Å²) in [4.78, 5) is 16.7. The second-order valence-electron chi connectivity index (χ2n) is 9.58. The summed E-state index contributed by atoms with van der Waals surface area (Å²) < 4.78 is 6.89. The van der Waals surface area contributed by atoms with Crippen LogP contribution in [0.15, 0.2) is 4.52 Å². The molecule has 0 aromatic carbocycles. The summed E-state index contributed by atoms with van der Waals surface area (Å²) in [5.41, 5.74) is 2.06. The van der Waals surface area contributed by atoms with E-state index in [0.717, 1.165) is 35.6 Å². The van der Waals surface area contributed by atoms with Crippen LogP contribution in [0, 0.1) is 37.0 Å². The summed E-state index contributed by atoms with van der Waals surface area (Å²) in [5.74, 6) is 2.92. The zero-order chi connectivity index (χ0) is 20.2.